The van der Waals surface area contributed by atoms with Crippen molar-refractivity contribution in [2.45, 2.75) is 13.8 Å². The lowest BCUT2D eigenvalue weighted by Gasteiger charge is -2.16. The number of amides is 1. The minimum Gasteiger partial charge on any atom is -0.323 e. The number of nitrogens with one attached hydrogen (secondary N) is 1. The molecule has 0 aromatic heterocycles. The zero-order valence-corrected chi connectivity index (χ0v) is 11.4. The van der Waals surface area contributed by atoms with Crippen molar-refractivity contribution < 1.29 is 4.79 Å². The van der Waals surface area contributed by atoms with Gasteiger partial charge in [-0.2, -0.15) is 5.26 Å². The van der Waals surface area contributed by atoms with Crippen LogP contribution in [0.2, 0.25) is 15.1 Å². The number of carbonyl (C=O) groups excluding carboxylic acids is 1. The predicted octanol–water partition coefficient (Wildman–Crippen LogP) is 4.14. The van der Waals surface area contributed by atoms with Crippen molar-refractivity contribution in [3.8, 4) is 6.07 Å². The van der Waals surface area contributed by atoms with Gasteiger partial charge in [-0.05, 0) is 26.0 Å². The summed E-state index contributed by atoms with van der Waals surface area (Å²) in [6, 6.07) is 4.77. The first kappa shape index (κ1) is 14.1. The molecule has 0 heterocycles. The van der Waals surface area contributed by atoms with E-state index >= 15 is 0 Å². The van der Waals surface area contributed by atoms with Gasteiger partial charge in [0.2, 0.25) is 5.91 Å². The van der Waals surface area contributed by atoms with Gasteiger partial charge >= 0.3 is 0 Å². The fraction of sp³-hybridized carbons (Fsp3) is 0.273. The molecule has 6 heteroatoms. The lowest BCUT2D eigenvalue weighted by molar-refractivity contribution is -0.121. The van der Waals surface area contributed by atoms with Crippen LogP contribution in [0.25, 0.3) is 0 Å². The first-order valence-electron chi connectivity index (χ1n) is 4.65. The molecule has 0 aliphatic heterocycles. The summed E-state index contributed by atoms with van der Waals surface area (Å²) in [6.45, 7) is 3.02. The monoisotopic (exact) mass is 290 g/mol. The molecule has 0 saturated carbocycles. The average Bonchev–Trinajstić information content (AvgIpc) is 2.25. The minimum atomic E-state index is -1.14. The molecular weight excluding hydrogens is 282 g/mol. The highest BCUT2D eigenvalue weighted by atomic mass is 35.5. The number of hydrogen-bond donors (Lipinski definition) is 1. The van der Waals surface area contributed by atoms with Gasteiger partial charge in [0.25, 0.3) is 0 Å². The average molecular weight is 292 g/mol. The van der Waals surface area contributed by atoms with Crippen molar-refractivity contribution in [3.05, 3.63) is 27.2 Å². The van der Waals surface area contributed by atoms with E-state index in [0.29, 0.717) is 10.7 Å². The Morgan fingerprint density at radius 1 is 1.24 bits per heavy atom. The van der Waals surface area contributed by atoms with Crippen molar-refractivity contribution in [1.82, 2.24) is 0 Å². The maximum absolute atomic E-state index is 11.7. The number of rotatable bonds is 2. The standard InChI is InChI=1S/C11H9Cl3N2O/c1-11(2,5-15)10(17)16-9-4-7(13)6(12)3-8(9)14/h3-4H,1-2H3,(H,16,17). The third kappa shape index (κ3) is 3.26. The summed E-state index contributed by atoms with van der Waals surface area (Å²) < 4.78 is 0. The van der Waals surface area contributed by atoms with E-state index < -0.39 is 11.3 Å². The predicted molar refractivity (Wildman–Crippen MR) is 69.5 cm³/mol. The molecule has 1 amide bonds. The molecule has 0 saturated heterocycles. The highest BCUT2D eigenvalue weighted by Crippen LogP contribution is 2.33. The lowest BCUT2D eigenvalue weighted by Crippen LogP contribution is -2.29. The third-order valence-corrected chi connectivity index (χ3v) is 3.14. The minimum absolute atomic E-state index is 0.265. The van der Waals surface area contributed by atoms with Crippen LogP contribution >= 0.6 is 34.8 Å². The SMILES string of the molecule is CC(C)(C#N)C(=O)Nc1cc(Cl)c(Cl)cc1Cl. The Kier molecular flexibility index (Phi) is 4.26. The molecule has 0 bridgehead atoms. The van der Waals surface area contributed by atoms with Crippen LogP contribution in [0.15, 0.2) is 12.1 Å². The van der Waals surface area contributed by atoms with E-state index in [0.717, 1.165) is 0 Å². The largest absolute Gasteiger partial charge is 0.323 e. The van der Waals surface area contributed by atoms with E-state index in [1.165, 1.54) is 26.0 Å². The van der Waals surface area contributed by atoms with Crippen LogP contribution in [0.1, 0.15) is 13.8 Å². The molecule has 1 N–H and O–H groups in total. The molecule has 90 valence electrons. The Labute approximate surface area is 114 Å². The Balaban J connectivity index is 3.02. The molecular formula is C11H9Cl3N2O. The van der Waals surface area contributed by atoms with Crippen molar-refractivity contribution in [2.24, 2.45) is 5.41 Å². The van der Waals surface area contributed by atoms with E-state index in [-0.39, 0.29) is 10.0 Å². The van der Waals surface area contributed by atoms with Crippen LogP contribution in [0.3, 0.4) is 0 Å². The second kappa shape index (κ2) is 5.14. The summed E-state index contributed by atoms with van der Waals surface area (Å²) in [5, 5.41) is 12.2. The molecule has 0 atom stereocenters. The molecule has 0 fully saturated rings. The normalized spacial score (nSPS) is 10.8. The molecule has 17 heavy (non-hydrogen) atoms. The quantitative estimate of drug-likeness (QED) is 0.833. The van der Waals surface area contributed by atoms with E-state index in [9.17, 15) is 4.79 Å². The summed E-state index contributed by atoms with van der Waals surface area (Å²) in [5.41, 5.74) is -0.815. The first-order chi connectivity index (χ1) is 7.77. The molecule has 1 rings (SSSR count). The van der Waals surface area contributed by atoms with Crippen LogP contribution < -0.4 is 5.32 Å². The van der Waals surface area contributed by atoms with Gasteiger partial charge in [0.15, 0.2) is 0 Å². The number of halogens is 3. The molecule has 0 aliphatic rings. The number of nitriles is 1. The second-order valence-electron chi connectivity index (χ2n) is 3.94. The lowest BCUT2D eigenvalue weighted by atomic mass is 9.94. The van der Waals surface area contributed by atoms with Gasteiger partial charge in [-0.3, -0.25) is 4.79 Å². The van der Waals surface area contributed by atoms with Crippen molar-refractivity contribution >= 4 is 46.4 Å². The Morgan fingerprint density at radius 2 is 1.76 bits per heavy atom. The number of nitrogens with zero attached hydrogens (tertiary/aromatic N) is 1. The van der Waals surface area contributed by atoms with Gasteiger partial charge < -0.3 is 5.32 Å². The summed E-state index contributed by atoms with van der Waals surface area (Å²) in [5.74, 6) is -0.458. The third-order valence-electron chi connectivity index (χ3n) is 2.11. The van der Waals surface area contributed by atoms with Gasteiger partial charge in [0.1, 0.15) is 5.41 Å². The molecule has 3 nitrogen and oxygen atoms in total. The van der Waals surface area contributed by atoms with Gasteiger partial charge in [-0.15, -0.1) is 0 Å². The van der Waals surface area contributed by atoms with E-state index in [1.54, 1.807) is 0 Å². The Hall–Kier alpha value is -0.950. The fourth-order valence-electron chi connectivity index (χ4n) is 0.948. The maximum atomic E-state index is 11.7. The topological polar surface area (TPSA) is 52.9 Å². The summed E-state index contributed by atoms with van der Waals surface area (Å²) in [6.07, 6.45) is 0. The van der Waals surface area contributed by atoms with Crippen molar-refractivity contribution in [1.29, 1.82) is 5.26 Å². The fourth-order valence-corrected chi connectivity index (χ4v) is 1.54. The highest BCUT2D eigenvalue weighted by molar-refractivity contribution is 6.44. The number of anilines is 1. The van der Waals surface area contributed by atoms with Gasteiger partial charge in [-0.25, -0.2) is 0 Å². The highest BCUT2D eigenvalue weighted by Gasteiger charge is 2.27. The van der Waals surface area contributed by atoms with Crippen LogP contribution in [0, 0.1) is 16.7 Å². The summed E-state index contributed by atoms with van der Waals surface area (Å²) in [4.78, 5) is 11.7. The summed E-state index contributed by atoms with van der Waals surface area (Å²) >= 11 is 17.5. The van der Waals surface area contributed by atoms with Crippen molar-refractivity contribution in [3.63, 3.8) is 0 Å². The number of carbonyl (C=O) groups is 1. The molecule has 1 aromatic carbocycles. The maximum Gasteiger partial charge on any atom is 0.244 e. The molecule has 0 spiro atoms. The molecule has 0 aliphatic carbocycles. The molecule has 0 unspecified atom stereocenters. The zero-order valence-electron chi connectivity index (χ0n) is 9.14. The van der Waals surface area contributed by atoms with E-state index in [4.69, 9.17) is 40.1 Å². The number of hydrogen-bond acceptors (Lipinski definition) is 2. The van der Waals surface area contributed by atoms with Crippen LogP contribution in [0.5, 0.6) is 0 Å². The van der Waals surface area contributed by atoms with Gasteiger partial charge in [0, 0.05) is 0 Å². The Morgan fingerprint density at radius 3 is 2.29 bits per heavy atom. The van der Waals surface area contributed by atoms with Gasteiger partial charge in [0.05, 0.1) is 26.8 Å². The van der Waals surface area contributed by atoms with E-state index in [2.05, 4.69) is 5.32 Å². The summed E-state index contributed by atoms with van der Waals surface area (Å²) in [7, 11) is 0. The number of benzene rings is 1. The zero-order chi connectivity index (χ0) is 13.2. The second-order valence-corrected chi connectivity index (χ2v) is 5.16. The van der Waals surface area contributed by atoms with Crippen LogP contribution in [-0.4, -0.2) is 5.91 Å². The van der Waals surface area contributed by atoms with Crippen LogP contribution in [0.4, 0.5) is 5.69 Å². The Bertz CT molecular complexity index is 506. The van der Waals surface area contributed by atoms with Crippen LogP contribution in [-0.2, 0) is 4.79 Å². The van der Waals surface area contributed by atoms with Gasteiger partial charge in [-0.1, -0.05) is 34.8 Å². The smallest absolute Gasteiger partial charge is 0.244 e. The first-order valence-corrected chi connectivity index (χ1v) is 5.78. The molecule has 0 radical (unpaired) electrons. The van der Waals surface area contributed by atoms with Crippen molar-refractivity contribution in [2.75, 3.05) is 5.32 Å². The van der Waals surface area contributed by atoms with E-state index in [1.807, 2.05) is 6.07 Å². The molecule has 1 aromatic rings.